The third kappa shape index (κ3) is 2.98. The molecule has 0 atom stereocenters. The molecule has 25 heavy (non-hydrogen) atoms. The highest BCUT2D eigenvalue weighted by Crippen LogP contribution is 2.40. The van der Waals surface area contributed by atoms with Crippen LogP contribution in [0.15, 0.2) is 71.1 Å². The SMILES string of the molecule is FC(F)(F)c1ccc2c(c1)N(c1ccccc1)N=C(c1cccs1)[N]2. The molecule has 7 heteroatoms. The first-order chi connectivity index (χ1) is 12.0. The summed E-state index contributed by atoms with van der Waals surface area (Å²) < 4.78 is 39.3. The summed E-state index contributed by atoms with van der Waals surface area (Å²) in [5, 5.41) is 12.3. The molecule has 0 saturated heterocycles. The Hall–Kier alpha value is -2.80. The second-order valence-corrected chi connectivity index (χ2v) is 6.31. The molecule has 2 heterocycles. The van der Waals surface area contributed by atoms with E-state index in [0.29, 0.717) is 22.9 Å². The Morgan fingerprint density at radius 2 is 1.72 bits per heavy atom. The number of amidine groups is 1. The normalized spacial score (nSPS) is 13.9. The van der Waals surface area contributed by atoms with Crippen LogP contribution in [0.5, 0.6) is 0 Å². The molecule has 0 amide bonds. The van der Waals surface area contributed by atoms with Crippen molar-refractivity contribution in [2.45, 2.75) is 6.18 Å². The number of halogens is 3. The Morgan fingerprint density at radius 1 is 0.920 bits per heavy atom. The van der Waals surface area contributed by atoms with E-state index in [1.807, 2.05) is 35.7 Å². The minimum Gasteiger partial charge on any atom is -0.229 e. The van der Waals surface area contributed by atoms with E-state index in [-0.39, 0.29) is 0 Å². The molecule has 0 unspecified atom stereocenters. The molecular weight excluding hydrogens is 347 g/mol. The maximum atomic E-state index is 13.1. The van der Waals surface area contributed by atoms with E-state index in [4.69, 9.17) is 0 Å². The zero-order chi connectivity index (χ0) is 17.4. The summed E-state index contributed by atoms with van der Waals surface area (Å²) in [7, 11) is 0. The molecule has 0 spiro atoms. The van der Waals surface area contributed by atoms with E-state index in [1.165, 1.54) is 22.4 Å². The molecule has 1 radical (unpaired) electrons. The summed E-state index contributed by atoms with van der Waals surface area (Å²) in [4.78, 5) is 0.853. The average Bonchev–Trinajstić information content (AvgIpc) is 3.15. The quantitative estimate of drug-likeness (QED) is 0.593. The number of hydrogen-bond donors (Lipinski definition) is 0. The van der Waals surface area contributed by atoms with Gasteiger partial charge in [-0.05, 0) is 41.8 Å². The van der Waals surface area contributed by atoms with E-state index >= 15 is 0 Å². The van der Waals surface area contributed by atoms with E-state index in [0.717, 1.165) is 17.0 Å². The Balaban J connectivity index is 1.86. The van der Waals surface area contributed by atoms with Gasteiger partial charge in [0, 0.05) is 0 Å². The molecule has 0 saturated carbocycles. The molecule has 3 nitrogen and oxygen atoms in total. The number of fused-ring (bicyclic) bond motifs is 1. The predicted octanol–water partition coefficient (Wildman–Crippen LogP) is 5.52. The molecule has 2 aromatic carbocycles. The van der Waals surface area contributed by atoms with Gasteiger partial charge >= 0.3 is 6.18 Å². The van der Waals surface area contributed by atoms with Gasteiger partial charge in [0.2, 0.25) is 0 Å². The van der Waals surface area contributed by atoms with Crippen LogP contribution in [0, 0.1) is 0 Å². The number of alkyl halides is 3. The van der Waals surface area contributed by atoms with Crippen molar-refractivity contribution in [2.75, 3.05) is 5.01 Å². The van der Waals surface area contributed by atoms with E-state index in [9.17, 15) is 13.2 Å². The molecule has 1 aliphatic heterocycles. The molecule has 125 valence electrons. The van der Waals surface area contributed by atoms with Gasteiger partial charge in [0.15, 0.2) is 5.84 Å². The van der Waals surface area contributed by atoms with Crippen molar-refractivity contribution in [3.05, 3.63) is 76.5 Å². The first-order valence-corrected chi connectivity index (χ1v) is 8.31. The maximum absolute atomic E-state index is 13.1. The highest BCUT2D eigenvalue weighted by molar-refractivity contribution is 7.12. The summed E-state index contributed by atoms with van der Waals surface area (Å²) in [5.74, 6) is 0.478. The largest absolute Gasteiger partial charge is 0.416 e. The third-order valence-corrected chi connectivity index (χ3v) is 4.56. The Bertz CT molecular complexity index is 918. The van der Waals surface area contributed by atoms with Crippen LogP contribution in [0.1, 0.15) is 10.4 Å². The number of hydrogen-bond acceptors (Lipinski definition) is 3. The Morgan fingerprint density at radius 3 is 2.40 bits per heavy atom. The van der Waals surface area contributed by atoms with E-state index in [2.05, 4.69) is 10.4 Å². The van der Waals surface area contributed by atoms with Crippen LogP contribution in [0.3, 0.4) is 0 Å². The standard InChI is InChI=1S/C18H11F3N3S/c19-18(20,21)12-8-9-14-15(11-12)24(13-5-2-1-3-6-13)23-17(22-14)16-7-4-10-25-16/h1-11H. The van der Waals surface area contributed by atoms with Crippen LogP contribution in [0.4, 0.5) is 30.2 Å². The first kappa shape index (κ1) is 15.7. The molecule has 3 aromatic rings. The van der Waals surface area contributed by atoms with Crippen LogP contribution in [0.2, 0.25) is 0 Å². The number of rotatable bonds is 2. The molecular formula is C18H11F3N3S. The summed E-state index contributed by atoms with van der Waals surface area (Å²) >= 11 is 1.48. The second kappa shape index (κ2) is 5.93. The van der Waals surface area contributed by atoms with Gasteiger partial charge in [-0.15, -0.1) is 16.4 Å². The van der Waals surface area contributed by atoms with Crippen molar-refractivity contribution in [1.82, 2.24) is 5.32 Å². The molecule has 1 aliphatic rings. The zero-order valence-corrected chi connectivity index (χ0v) is 13.6. The first-order valence-electron chi connectivity index (χ1n) is 7.43. The summed E-state index contributed by atoms with van der Waals surface area (Å²) in [6.07, 6.45) is -4.42. The molecule has 0 fully saturated rings. The van der Waals surface area contributed by atoms with Gasteiger partial charge < -0.3 is 0 Å². The van der Waals surface area contributed by atoms with Crippen LogP contribution < -0.4 is 10.3 Å². The highest BCUT2D eigenvalue weighted by atomic mass is 32.1. The van der Waals surface area contributed by atoms with Gasteiger partial charge in [-0.3, -0.25) is 0 Å². The lowest BCUT2D eigenvalue weighted by Crippen LogP contribution is -2.25. The van der Waals surface area contributed by atoms with Crippen molar-refractivity contribution < 1.29 is 13.2 Å². The number of hydrazone groups is 1. The smallest absolute Gasteiger partial charge is 0.229 e. The lowest BCUT2D eigenvalue weighted by molar-refractivity contribution is -0.137. The molecule has 4 rings (SSSR count). The van der Waals surface area contributed by atoms with Gasteiger partial charge in [-0.1, -0.05) is 24.3 Å². The monoisotopic (exact) mass is 358 g/mol. The molecule has 1 aromatic heterocycles. The summed E-state index contributed by atoms with van der Waals surface area (Å²) in [6, 6.07) is 16.3. The lowest BCUT2D eigenvalue weighted by Gasteiger charge is -2.27. The van der Waals surface area contributed by atoms with Crippen molar-refractivity contribution >= 4 is 34.2 Å². The average molecular weight is 358 g/mol. The number of para-hydroxylation sites is 1. The lowest BCUT2D eigenvalue weighted by atomic mass is 10.1. The molecule has 0 aliphatic carbocycles. The van der Waals surface area contributed by atoms with Crippen LogP contribution in [-0.2, 0) is 6.18 Å². The topological polar surface area (TPSA) is 29.7 Å². The van der Waals surface area contributed by atoms with Crippen molar-refractivity contribution in [1.29, 1.82) is 0 Å². The van der Waals surface area contributed by atoms with Gasteiger partial charge in [0.1, 0.15) is 0 Å². The maximum Gasteiger partial charge on any atom is 0.416 e. The fraction of sp³-hybridized carbons (Fsp3) is 0.0556. The van der Waals surface area contributed by atoms with Gasteiger partial charge in [0.05, 0.1) is 27.5 Å². The van der Waals surface area contributed by atoms with Gasteiger partial charge in [-0.2, -0.15) is 13.2 Å². The van der Waals surface area contributed by atoms with Crippen LogP contribution in [-0.4, -0.2) is 5.84 Å². The fourth-order valence-electron chi connectivity index (χ4n) is 2.53. The predicted molar refractivity (Wildman–Crippen MR) is 92.7 cm³/mol. The second-order valence-electron chi connectivity index (χ2n) is 5.36. The summed E-state index contributed by atoms with van der Waals surface area (Å²) in [6.45, 7) is 0. The minimum absolute atomic E-state index is 0.307. The Labute approximate surface area is 146 Å². The Kier molecular flexibility index (Phi) is 3.73. The minimum atomic E-state index is -4.42. The highest BCUT2D eigenvalue weighted by Gasteiger charge is 2.33. The van der Waals surface area contributed by atoms with Crippen LogP contribution >= 0.6 is 11.3 Å². The number of anilines is 2. The van der Waals surface area contributed by atoms with Gasteiger partial charge in [0.25, 0.3) is 0 Å². The van der Waals surface area contributed by atoms with E-state index < -0.39 is 11.7 Å². The fourth-order valence-corrected chi connectivity index (χ4v) is 3.18. The third-order valence-electron chi connectivity index (χ3n) is 3.69. The molecule has 0 bridgehead atoms. The van der Waals surface area contributed by atoms with Gasteiger partial charge in [-0.25, -0.2) is 10.3 Å². The summed E-state index contributed by atoms with van der Waals surface area (Å²) in [5.41, 5.74) is 0.709. The molecule has 0 N–H and O–H groups in total. The number of benzene rings is 2. The zero-order valence-electron chi connectivity index (χ0n) is 12.7. The van der Waals surface area contributed by atoms with Crippen molar-refractivity contribution in [2.24, 2.45) is 5.10 Å². The van der Waals surface area contributed by atoms with Crippen LogP contribution in [0.25, 0.3) is 0 Å². The van der Waals surface area contributed by atoms with Crippen molar-refractivity contribution in [3.63, 3.8) is 0 Å². The van der Waals surface area contributed by atoms with Crippen molar-refractivity contribution in [3.8, 4) is 0 Å². The van der Waals surface area contributed by atoms with E-state index in [1.54, 1.807) is 12.1 Å². The number of nitrogens with zero attached hydrogens (tertiary/aromatic N) is 3. The number of thiophene rings is 1.